The molecule has 2 nitrogen and oxygen atoms in total. The van der Waals surface area contributed by atoms with Crippen molar-refractivity contribution < 1.29 is 0 Å². The average Bonchev–Trinajstić information content (AvgIpc) is 2.48. The van der Waals surface area contributed by atoms with Gasteiger partial charge in [-0.3, -0.25) is 9.97 Å². The molecule has 0 bridgehead atoms. The van der Waals surface area contributed by atoms with Crippen LogP contribution >= 0.6 is 0 Å². The van der Waals surface area contributed by atoms with Crippen LogP contribution in [0.4, 0.5) is 0 Å². The fourth-order valence-corrected chi connectivity index (χ4v) is 2.11. The van der Waals surface area contributed by atoms with Gasteiger partial charge in [0, 0.05) is 11.9 Å². The number of rotatable bonds is 2. The van der Waals surface area contributed by atoms with E-state index in [1.165, 1.54) is 11.1 Å². The van der Waals surface area contributed by atoms with Gasteiger partial charge in [0.25, 0.3) is 0 Å². The highest BCUT2D eigenvalue weighted by Gasteiger charge is 2.05. The van der Waals surface area contributed by atoms with Gasteiger partial charge < -0.3 is 0 Å². The zero-order valence-electron chi connectivity index (χ0n) is 10.7. The lowest BCUT2D eigenvalue weighted by atomic mass is 10.0. The van der Waals surface area contributed by atoms with Gasteiger partial charge in [0.15, 0.2) is 0 Å². The van der Waals surface area contributed by atoms with Gasteiger partial charge in [-0.25, -0.2) is 0 Å². The smallest absolute Gasteiger partial charge is 0.0895 e. The van der Waals surface area contributed by atoms with Crippen LogP contribution in [0.15, 0.2) is 66.9 Å². The summed E-state index contributed by atoms with van der Waals surface area (Å²) in [6.45, 7) is 2.01. The molecule has 0 aliphatic heterocycles. The van der Waals surface area contributed by atoms with E-state index in [2.05, 4.69) is 34.2 Å². The van der Waals surface area contributed by atoms with Crippen LogP contribution in [0.25, 0.3) is 22.5 Å². The Labute approximate surface area is 112 Å². The molecule has 0 unspecified atom stereocenters. The number of pyridine rings is 2. The van der Waals surface area contributed by atoms with Crippen LogP contribution in [0.1, 0.15) is 5.69 Å². The molecule has 19 heavy (non-hydrogen) atoms. The SMILES string of the molecule is Cc1cc(-c2ccccc2)cc(-c2ccccn2)n1. The normalized spacial score (nSPS) is 10.4. The van der Waals surface area contributed by atoms with E-state index in [1.54, 1.807) is 6.20 Å². The Morgan fingerprint density at radius 2 is 1.53 bits per heavy atom. The summed E-state index contributed by atoms with van der Waals surface area (Å²) in [6.07, 6.45) is 1.79. The zero-order chi connectivity index (χ0) is 13.1. The largest absolute Gasteiger partial charge is 0.255 e. The number of nitrogens with zero attached hydrogens (tertiary/aromatic N) is 2. The summed E-state index contributed by atoms with van der Waals surface area (Å²) in [4.78, 5) is 8.93. The predicted octanol–water partition coefficient (Wildman–Crippen LogP) is 4.12. The molecule has 3 rings (SSSR count). The molecule has 2 heterocycles. The van der Waals surface area contributed by atoms with E-state index in [-0.39, 0.29) is 0 Å². The predicted molar refractivity (Wildman–Crippen MR) is 77.6 cm³/mol. The molecule has 0 fully saturated rings. The molecule has 1 aromatic carbocycles. The topological polar surface area (TPSA) is 25.8 Å². The van der Waals surface area contributed by atoms with Gasteiger partial charge in [-0.1, -0.05) is 36.4 Å². The number of aryl methyl sites for hydroxylation is 1. The fourth-order valence-electron chi connectivity index (χ4n) is 2.11. The second kappa shape index (κ2) is 5.02. The third-order valence-corrected chi connectivity index (χ3v) is 2.99. The van der Waals surface area contributed by atoms with Crippen molar-refractivity contribution in [2.24, 2.45) is 0 Å². The van der Waals surface area contributed by atoms with E-state index in [4.69, 9.17) is 0 Å². The molecule has 0 atom stereocenters. The van der Waals surface area contributed by atoms with Crippen molar-refractivity contribution >= 4 is 0 Å². The van der Waals surface area contributed by atoms with E-state index in [0.29, 0.717) is 0 Å². The van der Waals surface area contributed by atoms with Crippen molar-refractivity contribution in [2.75, 3.05) is 0 Å². The first-order valence-electron chi connectivity index (χ1n) is 6.28. The molecular weight excluding hydrogens is 232 g/mol. The molecule has 3 aromatic rings. The highest BCUT2D eigenvalue weighted by molar-refractivity contribution is 5.69. The van der Waals surface area contributed by atoms with E-state index < -0.39 is 0 Å². The van der Waals surface area contributed by atoms with E-state index >= 15 is 0 Å². The van der Waals surface area contributed by atoms with Gasteiger partial charge in [0.1, 0.15) is 0 Å². The van der Waals surface area contributed by atoms with E-state index in [1.807, 2.05) is 43.3 Å². The van der Waals surface area contributed by atoms with Gasteiger partial charge in [-0.15, -0.1) is 0 Å². The van der Waals surface area contributed by atoms with Crippen molar-refractivity contribution in [1.29, 1.82) is 0 Å². The maximum atomic E-state index is 4.57. The average molecular weight is 246 g/mol. The molecule has 0 aliphatic carbocycles. The van der Waals surface area contributed by atoms with Crippen LogP contribution in [0, 0.1) is 6.92 Å². The van der Waals surface area contributed by atoms with Gasteiger partial charge in [-0.2, -0.15) is 0 Å². The van der Waals surface area contributed by atoms with E-state index in [9.17, 15) is 0 Å². The Kier molecular flexibility index (Phi) is 3.07. The van der Waals surface area contributed by atoms with Gasteiger partial charge in [-0.05, 0) is 42.3 Å². The molecule has 0 amide bonds. The van der Waals surface area contributed by atoms with Crippen molar-refractivity contribution in [3.8, 4) is 22.5 Å². The summed E-state index contributed by atoms with van der Waals surface area (Å²) in [5.41, 5.74) is 5.20. The lowest BCUT2D eigenvalue weighted by Crippen LogP contribution is -1.91. The summed E-state index contributed by atoms with van der Waals surface area (Å²) < 4.78 is 0. The first-order chi connectivity index (χ1) is 9.33. The summed E-state index contributed by atoms with van der Waals surface area (Å²) in [6, 6.07) is 20.4. The first-order valence-corrected chi connectivity index (χ1v) is 6.28. The second-order valence-electron chi connectivity index (χ2n) is 4.46. The maximum absolute atomic E-state index is 4.57. The highest BCUT2D eigenvalue weighted by Crippen LogP contribution is 2.24. The first kappa shape index (κ1) is 11.6. The van der Waals surface area contributed by atoms with Crippen molar-refractivity contribution in [2.45, 2.75) is 6.92 Å². The van der Waals surface area contributed by atoms with Crippen LogP contribution in [0.3, 0.4) is 0 Å². The molecule has 92 valence electrons. The monoisotopic (exact) mass is 246 g/mol. The molecule has 0 N–H and O–H groups in total. The highest BCUT2D eigenvalue weighted by atomic mass is 14.8. The Balaban J connectivity index is 2.12. The van der Waals surface area contributed by atoms with Crippen molar-refractivity contribution in [3.05, 3.63) is 72.6 Å². The number of aromatic nitrogens is 2. The van der Waals surface area contributed by atoms with Crippen LogP contribution in [0.2, 0.25) is 0 Å². The molecule has 2 aromatic heterocycles. The minimum absolute atomic E-state index is 0.906. The Bertz CT molecular complexity index is 618. The van der Waals surface area contributed by atoms with Crippen molar-refractivity contribution in [1.82, 2.24) is 9.97 Å². The molecule has 0 saturated heterocycles. The number of benzene rings is 1. The zero-order valence-corrected chi connectivity index (χ0v) is 10.7. The lowest BCUT2D eigenvalue weighted by molar-refractivity contribution is 1.18. The molecule has 0 radical (unpaired) electrons. The summed E-state index contributed by atoms with van der Waals surface area (Å²) >= 11 is 0. The van der Waals surface area contributed by atoms with Gasteiger partial charge in [0.2, 0.25) is 0 Å². The Morgan fingerprint density at radius 3 is 2.26 bits per heavy atom. The maximum Gasteiger partial charge on any atom is 0.0895 e. The van der Waals surface area contributed by atoms with Crippen LogP contribution in [0.5, 0.6) is 0 Å². The van der Waals surface area contributed by atoms with Gasteiger partial charge >= 0.3 is 0 Å². The molecular formula is C17H14N2. The molecule has 0 saturated carbocycles. The second-order valence-corrected chi connectivity index (χ2v) is 4.46. The van der Waals surface area contributed by atoms with Crippen LogP contribution in [-0.4, -0.2) is 9.97 Å². The van der Waals surface area contributed by atoms with Crippen LogP contribution < -0.4 is 0 Å². The van der Waals surface area contributed by atoms with Gasteiger partial charge in [0.05, 0.1) is 11.4 Å². The number of hydrogen-bond donors (Lipinski definition) is 0. The quantitative estimate of drug-likeness (QED) is 0.679. The van der Waals surface area contributed by atoms with Crippen LogP contribution in [-0.2, 0) is 0 Å². The molecule has 0 spiro atoms. The lowest BCUT2D eigenvalue weighted by Gasteiger charge is -2.06. The third kappa shape index (κ3) is 2.52. The summed E-state index contributed by atoms with van der Waals surface area (Å²) in [5, 5.41) is 0. The minimum Gasteiger partial charge on any atom is -0.255 e. The molecule has 2 heteroatoms. The minimum atomic E-state index is 0.906. The van der Waals surface area contributed by atoms with Crippen molar-refractivity contribution in [3.63, 3.8) is 0 Å². The van der Waals surface area contributed by atoms with E-state index in [0.717, 1.165) is 17.1 Å². The standard InChI is InChI=1S/C17H14N2/c1-13-11-15(14-7-3-2-4-8-14)12-17(19-13)16-9-5-6-10-18-16/h2-12H,1H3. The summed E-state index contributed by atoms with van der Waals surface area (Å²) in [5.74, 6) is 0. The number of hydrogen-bond acceptors (Lipinski definition) is 2. The Morgan fingerprint density at radius 1 is 0.737 bits per heavy atom. The Hall–Kier alpha value is -2.48. The third-order valence-electron chi connectivity index (χ3n) is 2.99. The summed E-state index contributed by atoms with van der Waals surface area (Å²) in [7, 11) is 0. The molecule has 0 aliphatic rings. The fraction of sp³-hybridized carbons (Fsp3) is 0.0588.